The monoisotopic (exact) mass is 478 g/mol. The first-order valence-corrected chi connectivity index (χ1v) is 12.2. The van der Waals surface area contributed by atoms with Crippen molar-refractivity contribution in [3.63, 3.8) is 0 Å². The van der Waals surface area contributed by atoms with Crippen LogP contribution in [0.15, 0.2) is 26.0 Å². The molecule has 0 saturated carbocycles. The number of nitrogens with one attached hydrogen (secondary N) is 1. The fourth-order valence-corrected chi connectivity index (χ4v) is 5.71. The zero-order valence-electron chi connectivity index (χ0n) is 18.2. The molecule has 1 aliphatic heterocycles. The molecule has 4 heterocycles. The fourth-order valence-electron chi connectivity index (χ4n) is 3.75. The van der Waals surface area contributed by atoms with E-state index >= 15 is 0 Å². The van der Waals surface area contributed by atoms with Gasteiger partial charge in [0.1, 0.15) is 27.9 Å². The van der Waals surface area contributed by atoms with Gasteiger partial charge >= 0.3 is 0 Å². The van der Waals surface area contributed by atoms with Crippen molar-refractivity contribution >= 4 is 34.4 Å². The smallest absolute Gasteiger partial charge is 0.248 e. The molecule has 0 atom stereocenters. The zero-order chi connectivity index (χ0) is 22.9. The van der Waals surface area contributed by atoms with Gasteiger partial charge in [0.25, 0.3) is 0 Å². The Morgan fingerprint density at radius 3 is 2.66 bits per heavy atom. The second-order valence-corrected chi connectivity index (χ2v) is 10.0. The molecule has 1 aliphatic rings. The maximum Gasteiger partial charge on any atom is 0.248 e. The standard InChI is InChI=1S/C20H26N6O4S2/c1-14-5-6-17(29-14)7-8-18-21-20(31)26(22-18)13-24-9-4-10-25(12-11-24)32(27,28)19-15(2)23-30-16(19)3/h5-8H,4,9-13H2,1-3H3,(H,21,22,31)/b8-7+. The van der Waals surface area contributed by atoms with Crippen molar-refractivity contribution < 1.29 is 17.4 Å². The first-order valence-electron chi connectivity index (χ1n) is 10.3. The van der Waals surface area contributed by atoms with Crippen LogP contribution in [0.4, 0.5) is 0 Å². The summed E-state index contributed by atoms with van der Waals surface area (Å²) in [6.07, 6.45) is 4.34. The van der Waals surface area contributed by atoms with Crippen LogP contribution < -0.4 is 0 Å². The Hall–Kier alpha value is -2.54. The largest absolute Gasteiger partial charge is 0.462 e. The van der Waals surface area contributed by atoms with Crippen molar-refractivity contribution in [3.8, 4) is 0 Å². The van der Waals surface area contributed by atoms with E-state index in [-0.39, 0.29) is 4.90 Å². The maximum absolute atomic E-state index is 13.1. The number of nitrogens with zero attached hydrogens (tertiary/aromatic N) is 5. The number of H-pyrrole nitrogens is 1. The molecule has 0 bridgehead atoms. The van der Waals surface area contributed by atoms with Crippen LogP contribution in [0.25, 0.3) is 12.2 Å². The van der Waals surface area contributed by atoms with Crippen LogP contribution in [0.1, 0.15) is 35.2 Å². The average molecular weight is 479 g/mol. The highest BCUT2D eigenvalue weighted by Gasteiger charge is 2.32. The molecular formula is C20H26N6O4S2. The molecule has 0 unspecified atom stereocenters. The highest BCUT2D eigenvalue weighted by Crippen LogP contribution is 2.24. The van der Waals surface area contributed by atoms with Crippen molar-refractivity contribution in [2.75, 3.05) is 26.2 Å². The van der Waals surface area contributed by atoms with Crippen LogP contribution in [0.5, 0.6) is 0 Å². The predicted molar refractivity (Wildman–Crippen MR) is 121 cm³/mol. The number of aryl methyl sites for hydroxylation is 3. The Kier molecular flexibility index (Phi) is 6.47. The van der Waals surface area contributed by atoms with E-state index < -0.39 is 10.0 Å². The summed E-state index contributed by atoms with van der Waals surface area (Å²) in [6, 6.07) is 3.78. The Labute approximate surface area is 191 Å². The quantitative estimate of drug-likeness (QED) is 0.538. The van der Waals surface area contributed by atoms with Crippen LogP contribution in [0, 0.1) is 25.5 Å². The topological polar surface area (TPSA) is 113 Å². The lowest BCUT2D eigenvalue weighted by Gasteiger charge is -2.21. The molecule has 3 aromatic heterocycles. The van der Waals surface area contributed by atoms with Crippen molar-refractivity contribution in [3.05, 3.63) is 45.7 Å². The summed E-state index contributed by atoms with van der Waals surface area (Å²) in [5.74, 6) is 2.53. The maximum atomic E-state index is 13.1. The molecule has 10 nitrogen and oxygen atoms in total. The van der Waals surface area contributed by atoms with E-state index in [0.717, 1.165) is 18.1 Å². The van der Waals surface area contributed by atoms with Crippen LogP contribution in [-0.2, 0) is 16.7 Å². The summed E-state index contributed by atoms with van der Waals surface area (Å²) in [4.78, 5) is 6.70. The summed E-state index contributed by atoms with van der Waals surface area (Å²) in [5, 5.41) is 6.97. The first kappa shape index (κ1) is 22.6. The van der Waals surface area contributed by atoms with Gasteiger partial charge in [-0.1, -0.05) is 5.16 Å². The lowest BCUT2D eigenvalue weighted by atomic mass is 10.4. The van der Waals surface area contributed by atoms with Crippen molar-refractivity contribution in [2.24, 2.45) is 0 Å². The van der Waals surface area contributed by atoms with Gasteiger partial charge in [0.05, 0.1) is 6.67 Å². The van der Waals surface area contributed by atoms with Crippen LogP contribution in [0.2, 0.25) is 0 Å². The summed E-state index contributed by atoms with van der Waals surface area (Å²) >= 11 is 5.39. The van der Waals surface area contributed by atoms with E-state index in [9.17, 15) is 8.42 Å². The van der Waals surface area contributed by atoms with Crippen molar-refractivity contribution in [1.82, 2.24) is 29.1 Å². The average Bonchev–Trinajstić information content (AvgIpc) is 3.34. The van der Waals surface area contributed by atoms with E-state index in [2.05, 4.69) is 20.1 Å². The molecular weight excluding hydrogens is 452 g/mol. The molecule has 1 N–H and O–H groups in total. The molecule has 0 spiro atoms. The van der Waals surface area contributed by atoms with Crippen molar-refractivity contribution in [1.29, 1.82) is 0 Å². The molecule has 1 saturated heterocycles. The number of furan rings is 1. The predicted octanol–water partition coefficient (Wildman–Crippen LogP) is 2.97. The number of rotatable bonds is 6. The molecule has 172 valence electrons. The molecule has 4 rings (SSSR count). The summed E-state index contributed by atoms with van der Waals surface area (Å²) in [5.41, 5.74) is 0.387. The number of aromatic amines is 1. The van der Waals surface area contributed by atoms with E-state index in [1.54, 1.807) is 18.5 Å². The van der Waals surface area contributed by atoms with Gasteiger partial charge < -0.3 is 8.94 Å². The lowest BCUT2D eigenvalue weighted by molar-refractivity contribution is 0.216. The molecule has 3 aromatic rings. The highest BCUT2D eigenvalue weighted by atomic mass is 32.2. The third kappa shape index (κ3) is 4.77. The highest BCUT2D eigenvalue weighted by molar-refractivity contribution is 7.89. The van der Waals surface area contributed by atoms with Gasteiger partial charge in [-0.05, 0) is 63.7 Å². The summed E-state index contributed by atoms with van der Waals surface area (Å²) in [7, 11) is -3.65. The van der Waals surface area contributed by atoms with Gasteiger partial charge in [0.15, 0.2) is 5.76 Å². The van der Waals surface area contributed by atoms with Gasteiger partial charge in [0, 0.05) is 26.2 Å². The summed E-state index contributed by atoms with van der Waals surface area (Å²) < 4.78 is 40.5. The Balaban J connectivity index is 1.42. The number of sulfonamides is 1. The number of hydrogen-bond acceptors (Lipinski definition) is 8. The molecule has 0 radical (unpaired) electrons. The second kappa shape index (κ2) is 9.14. The number of aromatic nitrogens is 4. The van der Waals surface area contributed by atoms with Gasteiger partial charge in [-0.25, -0.2) is 13.1 Å². The van der Waals surface area contributed by atoms with Crippen LogP contribution >= 0.6 is 12.2 Å². The minimum absolute atomic E-state index is 0.171. The Morgan fingerprint density at radius 2 is 1.97 bits per heavy atom. The third-order valence-electron chi connectivity index (χ3n) is 5.32. The molecule has 32 heavy (non-hydrogen) atoms. The zero-order valence-corrected chi connectivity index (χ0v) is 19.9. The molecule has 0 aromatic carbocycles. The third-order valence-corrected chi connectivity index (χ3v) is 7.77. The summed E-state index contributed by atoms with van der Waals surface area (Å²) in [6.45, 7) is 7.78. The van der Waals surface area contributed by atoms with E-state index in [4.69, 9.17) is 21.2 Å². The Morgan fingerprint density at radius 1 is 1.16 bits per heavy atom. The van der Waals surface area contributed by atoms with E-state index in [1.807, 2.05) is 31.2 Å². The molecule has 0 amide bonds. The number of hydrogen-bond donors (Lipinski definition) is 1. The molecule has 1 fully saturated rings. The fraction of sp³-hybridized carbons (Fsp3) is 0.450. The SMILES string of the molecule is Cc1ccc(/C=C/c2nc(=S)n(CN3CCCN(S(=O)(=O)c4c(C)noc4C)CC3)[nH]2)o1. The van der Waals surface area contributed by atoms with Gasteiger partial charge in [-0.15, -0.1) is 0 Å². The van der Waals surface area contributed by atoms with Gasteiger partial charge in [0.2, 0.25) is 14.8 Å². The Bertz CT molecular complexity index is 1260. The van der Waals surface area contributed by atoms with E-state index in [0.29, 0.717) is 54.8 Å². The van der Waals surface area contributed by atoms with Crippen molar-refractivity contribution in [2.45, 2.75) is 38.8 Å². The normalized spacial score (nSPS) is 16.7. The lowest BCUT2D eigenvalue weighted by Crippen LogP contribution is -2.36. The van der Waals surface area contributed by atoms with Crippen LogP contribution in [0.3, 0.4) is 0 Å². The van der Waals surface area contributed by atoms with Gasteiger partial charge in [-0.2, -0.15) is 9.29 Å². The van der Waals surface area contributed by atoms with E-state index in [1.165, 1.54) is 4.31 Å². The molecule has 0 aliphatic carbocycles. The molecule has 12 heteroatoms. The van der Waals surface area contributed by atoms with Gasteiger partial charge in [-0.3, -0.25) is 10.00 Å². The van der Waals surface area contributed by atoms with Crippen LogP contribution in [-0.4, -0.2) is 63.7 Å². The minimum atomic E-state index is -3.65. The first-order chi connectivity index (χ1) is 15.2. The second-order valence-electron chi connectivity index (χ2n) is 7.77. The minimum Gasteiger partial charge on any atom is -0.462 e.